The zero-order valence-corrected chi connectivity index (χ0v) is 12.6. The first-order chi connectivity index (χ1) is 11.7. The topological polar surface area (TPSA) is 34.0 Å². The van der Waals surface area contributed by atoms with Gasteiger partial charge in [-0.2, -0.15) is 0 Å². The van der Waals surface area contributed by atoms with Crippen LogP contribution in [0, 0.1) is 22.1 Å². The van der Waals surface area contributed by atoms with Crippen LogP contribution in [-0.4, -0.2) is 7.11 Å². The molecule has 0 spiro atoms. The molecule has 0 atom stereocenters. The number of fused-ring (bicyclic) bond motifs is 5. The van der Waals surface area contributed by atoms with Crippen LogP contribution in [0.15, 0.2) is 52.4 Å². The SMILES string of the molecule is COc1c2c(cc3c1=Nc1ccc(F)cc1-3)=c1cc(F)ccc1=N2. The van der Waals surface area contributed by atoms with Crippen molar-refractivity contribution in [2.45, 2.75) is 0 Å². The Kier molecular flexibility index (Phi) is 2.49. The lowest BCUT2D eigenvalue weighted by Gasteiger charge is -2.05. The van der Waals surface area contributed by atoms with Crippen LogP contribution in [-0.2, 0) is 0 Å². The molecule has 0 aliphatic carbocycles. The molecular formula is C19H10F2N2O. The first-order valence-electron chi connectivity index (χ1n) is 7.44. The van der Waals surface area contributed by atoms with Gasteiger partial charge >= 0.3 is 0 Å². The summed E-state index contributed by atoms with van der Waals surface area (Å²) in [7, 11) is 1.55. The Balaban J connectivity index is 1.99. The molecule has 2 aliphatic rings. The molecule has 5 heteroatoms. The molecule has 5 rings (SSSR count). The molecule has 116 valence electrons. The van der Waals surface area contributed by atoms with Gasteiger partial charge in [0.05, 0.1) is 18.2 Å². The van der Waals surface area contributed by atoms with Gasteiger partial charge in [-0.1, -0.05) is 0 Å². The van der Waals surface area contributed by atoms with Crippen molar-refractivity contribution in [2.24, 2.45) is 9.98 Å². The summed E-state index contributed by atoms with van der Waals surface area (Å²) in [5, 5.41) is 2.80. The van der Waals surface area contributed by atoms with E-state index in [2.05, 4.69) is 9.98 Å². The van der Waals surface area contributed by atoms with Crippen LogP contribution in [0.2, 0.25) is 0 Å². The summed E-state index contributed by atoms with van der Waals surface area (Å²) >= 11 is 0. The maximum Gasteiger partial charge on any atom is 0.171 e. The number of hydrogen-bond acceptors (Lipinski definition) is 3. The van der Waals surface area contributed by atoms with E-state index in [0.29, 0.717) is 38.6 Å². The Hall–Kier alpha value is -3.08. The third-order valence-electron chi connectivity index (χ3n) is 4.40. The van der Waals surface area contributed by atoms with Gasteiger partial charge in [0.2, 0.25) is 0 Å². The van der Waals surface area contributed by atoms with Crippen molar-refractivity contribution in [1.29, 1.82) is 0 Å². The van der Waals surface area contributed by atoms with Crippen LogP contribution in [0.25, 0.3) is 11.1 Å². The van der Waals surface area contributed by atoms with Gasteiger partial charge < -0.3 is 4.74 Å². The van der Waals surface area contributed by atoms with Crippen molar-refractivity contribution in [3.8, 4) is 16.9 Å². The van der Waals surface area contributed by atoms with Crippen molar-refractivity contribution in [2.75, 3.05) is 7.11 Å². The second kappa shape index (κ2) is 4.47. The third kappa shape index (κ3) is 1.64. The van der Waals surface area contributed by atoms with Gasteiger partial charge in [0.15, 0.2) is 5.75 Å². The zero-order chi connectivity index (χ0) is 16.4. The Morgan fingerprint density at radius 3 is 2.46 bits per heavy atom. The number of nitrogens with zero attached hydrogens (tertiary/aromatic N) is 2. The predicted molar refractivity (Wildman–Crippen MR) is 84.1 cm³/mol. The Morgan fingerprint density at radius 1 is 0.833 bits per heavy atom. The average Bonchev–Trinajstić information content (AvgIpc) is 3.10. The first kappa shape index (κ1) is 13.4. The summed E-state index contributed by atoms with van der Waals surface area (Å²) in [5.41, 5.74) is 2.80. The van der Waals surface area contributed by atoms with Crippen molar-refractivity contribution in [3.05, 3.63) is 75.3 Å². The van der Waals surface area contributed by atoms with Gasteiger partial charge in [0.25, 0.3) is 0 Å². The number of rotatable bonds is 1. The number of methoxy groups -OCH3 is 1. The molecule has 0 saturated carbocycles. The Morgan fingerprint density at radius 2 is 1.62 bits per heavy atom. The second-order valence-corrected chi connectivity index (χ2v) is 5.75. The van der Waals surface area contributed by atoms with Crippen LogP contribution in [0.4, 0.5) is 20.2 Å². The van der Waals surface area contributed by atoms with Gasteiger partial charge in [-0.25, -0.2) is 18.8 Å². The monoisotopic (exact) mass is 320 g/mol. The highest BCUT2D eigenvalue weighted by Crippen LogP contribution is 2.39. The van der Waals surface area contributed by atoms with Crippen molar-refractivity contribution in [3.63, 3.8) is 0 Å². The fraction of sp³-hybridized carbons (Fsp3) is 0.0526. The summed E-state index contributed by atoms with van der Waals surface area (Å²) in [6.07, 6.45) is 0. The fourth-order valence-electron chi connectivity index (χ4n) is 3.35. The van der Waals surface area contributed by atoms with E-state index in [1.807, 2.05) is 6.07 Å². The van der Waals surface area contributed by atoms with Crippen LogP contribution in [0.5, 0.6) is 5.75 Å². The summed E-state index contributed by atoms with van der Waals surface area (Å²) in [6, 6.07) is 10.8. The van der Waals surface area contributed by atoms with E-state index in [4.69, 9.17) is 4.74 Å². The predicted octanol–water partition coefficient (Wildman–Crippen LogP) is 3.46. The molecule has 0 unspecified atom stereocenters. The number of hydrogen-bond donors (Lipinski definition) is 0. The van der Waals surface area contributed by atoms with Crippen LogP contribution < -0.4 is 15.5 Å². The van der Waals surface area contributed by atoms with Crippen LogP contribution in [0.3, 0.4) is 0 Å². The molecule has 0 radical (unpaired) electrons. The van der Waals surface area contributed by atoms with Gasteiger partial charge in [0.1, 0.15) is 22.7 Å². The third-order valence-corrected chi connectivity index (χ3v) is 4.40. The fourth-order valence-corrected chi connectivity index (χ4v) is 3.35. The molecule has 3 nitrogen and oxygen atoms in total. The molecule has 2 heterocycles. The van der Waals surface area contributed by atoms with E-state index in [1.54, 1.807) is 19.2 Å². The minimum Gasteiger partial charge on any atom is -0.492 e. The molecule has 2 aliphatic heterocycles. The van der Waals surface area contributed by atoms with E-state index in [-0.39, 0.29) is 11.6 Å². The molecular weight excluding hydrogens is 310 g/mol. The van der Waals surface area contributed by atoms with E-state index in [9.17, 15) is 8.78 Å². The summed E-state index contributed by atoms with van der Waals surface area (Å²) in [6.45, 7) is 0. The van der Waals surface area contributed by atoms with E-state index >= 15 is 0 Å². The lowest BCUT2D eigenvalue weighted by Crippen LogP contribution is -2.07. The smallest absolute Gasteiger partial charge is 0.171 e. The summed E-state index contributed by atoms with van der Waals surface area (Å²) < 4.78 is 32.9. The Labute approximate surface area is 134 Å². The van der Waals surface area contributed by atoms with Gasteiger partial charge in [-0.15, -0.1) is 0 Å². The standard InChI is InChI=1S/C19H10F2N2O/c1-24-19-17-13(11-6-9(20)2-4-15(11)22-17)8-14-12-7-10(21)3-5-16(12)23-18(14)19/h2-8H,1H3. The van der Waals surface area contributed by atoms with Gasteiger partial charge in [-0.3, -0.25) is 0 Å². The second-order valence-electron chi connectivity index (χ2n) is 5.75. The summed E-state index contributed by atoms with van der Waals surface area (Å²) in [4.78, 5) is 9.12. The Bertz CT molecular complexity index is 1270. The highest BCUT2D eigenvalue weighted by molar-refractivity contribution is 5.82. The van der Waals surface area contributed by atoms with Crippen LogP contribution in [0.1, 0.15) is 0 Å². The molecule has 0 fully saturated rings. The zero-order valence-electron chi connectivity index (χ0n) is 12.6. The molecule has 3 aromatic rings. The normalized spacial score (nSPS) is 12.6. The average molecular weight is 320 g/mol. The molecule has 0 amide bonds. The molecule has 0 bridgehead atoms. The first-order valence-corrected chi connectivity index (χ1v) is 7.44. The molecule has 0 aromatic heterocycles. The van der Waals surface area contributed by atoms with Crippen LogP contribution >= 0.6 is 0 Å². The van der Waals surface area contributed by atoms with Crippen molar-refractivity contribution in [1.82, 2.24) is 0 Å². The largest absolute Gasteiger partial charge is 0.492 e. The molecule has 3 aromatic carbocycles. The van der Waals surface area contributed by atoms with Crippen molar-refractivity contribution >= 4 is 11.4 Å². The van der Waals surface area contributed by atoms with Crippen molar-refractivity contribution < 1.29 is 13.5 Å². The minimum absolute atomic E-state index is 0.326. The number of halogens is 2. The number of ether oxygens (including phenoxy) is 1. The van der Waals surface area contributed by atoms with Gasteiger partial charge in [0, 0.05) is 21.6 Å². The lowest BCUT2D eigenvalue weighted by molar-refractivity contribution is 0.411. The number of benzene rings is 3. The highest BCUT2D eigenvalue weighted by atomic mass is 19.1. The molecule has 0 saturated heterocycles. The van der Waals surface area contributed by atoms with E-state index in [0.717, 1.165) is 10.8 Å². The van der Waals surface area contributed by atoms with E-state index in [1.165, 1.54) is 24.3 Å². The minimum atomic E-state index is -0.326. The molecule has 0 N–H and O–H groups in total. The summed E-state index contributed by atoms with van der Waals surface area (Å²) in [5.74, 6) is -0.129. The van der Waals surface area contributed by atoms with Gasteiger partial charge in [-0.05, 0) is 42.5 Å². The van der Waals surface area contributed by atoms with E-state index < -0.39 is 0 Å². The maximum absolute atomic E-state index is 13.7. The quantitative estimate of drug-likeness (QED) is 0.466. The lowest BCUT2D eigenvalue weighted by atomic mass is 10.0. The highest BCUT2D eigenvalue weighted by Gasteiger charge is 2.22. The molecule has 24 heavy (non-hydrogen) atoms. The maximum atomic E-state index is 13.7.